The Bertz CT molecular complexity index is 1710. The van der Waals surface area contributed by atoms with Gasteiger partial charge in [-0.3, -0.25) is 52.7 Å². The number of aliphatic hydroxyl groups excluding tert-OH is 2. The van der Waals surface area contributed by atoms with Gasteiger partial charge in [0, 0.05) is 70.4 Å². The third-order valence-electron chi connectivity index (χ3n) is 11.8. The maximum absolute atomic E-state index is 13.4. The molecule has 0 aromatic carbocycles. The number of hydrogen-bond donors (Lipinski definition) is 9. The summed E-state index contributed by atoms with van der Waals surface area (Å²) < 4.78 is 0. The molecule has 0 unspecified atom stereocenters. The van der Waals surface area contributed by atoms with Gasteiger partial charge < -0.3 is 53.0 Å². The minimum absolute atomic E-state index is 0.0591. The fourth-order valence-electron chi connectivity index (χ4n) is 8.02. The molecule has 8 atom stereocenters. The van der Waals surface area contributed by atoms with Gasteiger partial charge in [-0.2, -0.15) is 0 Å². The van der Waals surface area contributed by atoms with Crippen molar-refractivity contribution in [1.29, 1.82) is 0 Å². The second-order valence-corrected chi connectivity index (χ2v) is 17.7. The first-order valence-corrected chi connectivity index (χ1v) is 22.7. The average Bonchev–Trinajstić information content (AvgIpc) is 3.93. The normalized spacial score (nSPS) is 19.4. The second kappa shape index (κ2) is 28.8. The number of aliphatic hydroxyl groups is 2. The van der Waals surface area contributed by atoms with Crippen LogP contribution in [-0.4, -0.2) is 148 Å². The largest absolute Gasteiger partial charge is 0.481 e. The minimum Gasteiger partial charge on any atom is -0.481 e. The summed E-state index contributed by atoms with van der Waals surface area (Å²) in [6.45, 7) is 4.68. The number of ketones is 5. The van der Waals surface area contributed by atoms with Crippen molar-refractivity contribution in [3.8, 4) is 0 Å². The number of unbranched alkanes of at least 4 members (excludes halogenated alkanes) is 1. The van der Waals surface area contributed by atoms with Gasteiger partial charge in [0.1, 0.15) is 5.78 Å². The Labute approximate surface area is 379 Å². The van der Waals surface area contributed by atoms with Crippen LogP contribution >= 0.6 is 0 Å². The van der Waals surface area contributed by atoms with Crippen LogP contribution in [0.4, 0.5) is 0 Å². The predicted molar refractivity (Wildman–Crippen MR) is 233 cm³/mol. The SMILES string of the molecule is CC(C)C[C@H](CC(=O)CNC(=O)[C@H](CO)CC(=O)[C@H](CCC(N)=O)NC(=O)CCC(=O)[C@@H]1C[C@@H](O)CN1)C(=O)N[C@@H](C)C(=O)CCC(=O)N1CCC[C@H]1C(=O)C[C@@H](CCCCN)C(=O)O. The van der Waals surface area contributed by atoms with Crippen LogP contribution in [0.15, 0.2) is 0 Å². The number of carbonyl (C=O) groups is 11. The Morgan fingerprint density at radius 2 is 1.49 bits per heavy atom. The van der Waals surface area contributed by atoms with Gasteiger partial charge >= 0.3 is 5.97 Å². The Balaban J connectivity index is 1.92. The standard InChI is InChI=1S/C44H71N7O14/c1-25(2)17-28(43(63)49-26(3)35(55)11-14-41(61)51-16-6-8-34(51)38(58)19-27(44(64)65)7-4-5-15-45)18-30(53)23-48-42(62)29(24-52)20-37(57)32(9-12-39(46)59)50-40(60)13-10-36(56)33-21-31(54)22-47-33/h25-29,31-34,47,52,54H,4-24,45H2,1-3H3,(H2,46,59)(H,48,62)(H,49,63)(H,50,60)(H,64,65)/t26-,27+,28+,29-,31+,32-,33-,34-/m0/s1. The molecule has 65 heavy (non-hydrogen) atoms. The van der Waals surface area contributed by atoms with E-state index in [2.05, 4.69) is 21.3 Å². The molecule has 0 radical (unpaired) electrons. The van der Waals surface area contributed by atoms with Crippen LogP contribution in [0.5, 0.6) is 0 Å². The molecule has 2 aliphatic heterocycles. The van der Waals surface area contributed by atoms with Gasteiger partial charge in [0.25, 0.3) is 0 Å². The molecule has 21 heteroatoms. The monoisotopic (exact) mass is 922 g/mol. The summed E-state index contributed by atoms with van der Waals surface area (Å²) >= 11 is 0. The van der Waals surface area contributed by atoms with E-state index in [4.69, 9.17) is 11.5 Å². The number of rotatable bonds is 33. The van der Waals surface area contributed by atoms with Crippen LogP contribution in [0.3, 0.4) is 0 Å². The lowest BCUT2D eigenvalue weighted by Crippen LogP contribution is -2.45. The van der Waals surface area contributed by atoms with Gasteiger partial charge in [-0.15, -0.1) is 0 Å². The highest BCUT2D eigenvalue weighted by atomic mass is 16.4. The molecule has 5 amide bonds. The van der Waals surface area contributed by atoms with Gasteiger partial charge in [-0.1, -0.05) is 20.3 Å². The third-order valence-corrected chi connectivity index (χ3v) is 11.8. The van der Waals surface area contributed by atoms with Crippen LogP contribution in [-0.2, 0) is 52.7 Å². The maximum Gasteiger partial charge on any atom is 0.306 e. The van der Waals surface area contributed by atoms with Gasteiger partial charge in [0.2, 0.25) is 29.5 Å². The number of carbonyl (C=O) groups excluding carboxylic acids is 10. The Morgan fingerprint density at radius 3 is 2.09 bits per heavy atom. The lowest BCUT2D eigenvalue weighted by Gasteiger charge is -2.25. The number of carboxylic acid groups (broad SMARTS) is 1. The zero-order valence-electron chi connectivity index (χ0n) is 38.0. The molecule has 2 fully saturated rings. The van der Waals surface area contributed by atoms with Crippen molar-refractivity contribution in [3.63, 3.8) is 0 Å². The quantitative estimate of drug-likeness (QED) is 0.0347. The summed E-state index contributed by atoms with van der Waals surface area (Å²) in [6, 6.07) is -3.69. The number of carboxylic acids is 1. The molecule has 11 N–H and O–H groups in total. The molecule has 0 aromatic heterocycles. The van der Waals surface area contributed by atoms with Crippen LogP contribution in [0, 0.1) is 23.7 Å². The van der Waals surface area contributed by atoms with E-state index in [-0.39, 0.29) is 88.2 Å². The maximum atomic E-state index is 13.4. The highest BCUT2D eigenvalue weighted by Crippen LogP contribution is 2.24. The van der Waals surface area contributed by atoms with Crippen LogP contribution in [0.1, 0.15) is 124 Å². The number of nitrogens with two attached hydrogens (primary N) is 2. The van der Waals surface area contributed by atoms with Gasteiger partial charge in [0.05, 0.1) is 55.3 Å². The predicted octanol–water partition coefficient (Wildman–Crippen LogP) is -1.25. The molecule has 0 saturated carbocycles. The molecule has 2 heterocycles. The van der Waals surface area contributed by atoms with E-state index < -0.39 is 120 Å². The molecular formula is C44H71N7O14. The molecule has 0 aliphatic carbocycles. The fourth-order valence-corrected chi connectivity index (χ4v) is 8.02. The number of hydrogen-bond acceptors (Lipinski definition) is 15. The lowest BCUT2D eigenvalue weighted by atomic mass is 9.91. The molecule has 366 valence electrons. The van der Waals surface area contributed by atoms with Gasteiger partial charge in [-0.25, -0.2) is 0 Å². The highest BCUT2D eigenvalue weighted by molar-refractivity contribution is 5.97. The van der Waals surface area contributed by atoms with E-state index in [0.29, 0.717) is 45.2 Å². The molecule has 0 spiro atoms. The summed E-state index contributed by atoms with van der Waals surface area (Å²) in [7, 11) is 0. The van der Waals surface area contributed by atoms with Crippen molar-refractivity contribution in [2.24, 2.45) is 35.1 Å². The molecule has 2 saturated heterocycles. The minimum atomic E-state index is -1.35. The summed E-state index contributed by atoms with van der Waals surface area (Å²) in [5, 5.41) is 39.5. The van der Waals surface area contributed by atoms with Crippen molar-refractivity contribution in [2.75, 3.05) is 32.8 Å². The van der Waals surface area contributed by atoms with E-state index in [0.717, 1.165) is 0 Å². The van der Waals surface area contributed by atoms with E-state index in [1.54, 1.807) is 0 Å². The second-order valence-electron chi connectivity index (χ2n) is 17.7. The van der Waals surface area contributed by atoms with Crippen LogP contribution in [0.2, 0.25) is 0 Å². The van der Waals surface area contributed by atoms with E-state index in [9.17, 15) is 68.1 Å². The lowest BCUT2D eigenvalue weighted by molar-refractivity contribution is -0.145. The number of primary amides is 1. The van der Waals surface area contributed by atoms with Crippen molar-refractivity contribution in [2.45, 2.75) is 154 Å². The molecular weight excluding hydrogens is 851 g/mol. The molecule has 2 rings (SSSR count). The first kappa shape index (κ1) is 56.1. The molecule has 0 bridgehead atoms. The number of likely N-dealkylation sites (tertiary alicyclic amines) is 1. The van der Waals surface area contributed by atoms with E-state index in [1.165, 1.54) is 11.8 Å². The first-order valence-electron chi connectivity index (χ1n) is 22.7. The number of nitrogens with zero attached hydrogens (tertiary/aromatic N) is 1. The average molecular weight is 922 g/mol. The van der Waals surface area contributed by atoms with Crippen LogP contribution < -0.4 is 32.7 Å². The van der Waals surface area contributed by atoms with Crippen molar-refractivity contribution in [1.82, 2.24) is 26.2 Å². The molecule has 21 nitrogen and oxygen atoms in total. The van der Waals surface area contributed by atoms with Gasteiger partial charge in [0.15, 0.2) is 23.1 Å². The van der Waals surface area contributed by atoms with Crippen LogP contribution in [0.25, 0.3) is 0 Å². The summed E-state index contributed by atoms with van der Waals surface area (Å²) in [5.41, 5.74) is 10.7. The van der Waals surface area contributed by atoms with Crippen molar-refractivity contribution in [3.05, 3.63) is 0 Å². The molecule has 0 aromatic rings. The summed E-state index contributed by atoms with van der Waals surface area (Å²) in [6.07, 6.45) is -0.351. The molecule has 2 aliphatic rings. The van der Waals surface area contributed by atoms with Crippen molar-refractivity contribution >= 4 is 64.4 Å². The van der Waals surface area contributed by atoms with Crippen molar-refractivity contribution < 1.29 is 68.1 Å². The smallest absolute Gasteiger partial charge is 0.306 e. The number of Topliss-reactive ketones (excluding diaryl/α,β-unsaturated/α-hetero) is 5. The zero-order valence-corrected chi connectivity index (χ0v) is 38.0. The van der Waals surface area contributed by atoms with E-state index in [1.807, 2.05) is 13.8 Å². The Kier molecular flexibility index (Phi) is 24.9. The number of nitrogens with one attached hydrogen (secondary N) is 4. The third kappa shape index (κ3) is 20.4. The highest BCUT2D eigenvalue weighted by Gasteiger charge is 2.37. The topological polar surface area (TPSA) is 352 Å². The summed E-state index contributed by atoms with van der Waals surface area (Å²) in [4.78, 5) is 142. The van der Waals surface area contributed by atoms with Gasteiger partial charge in [-0.05, 0) is 64.3 Å². The summed E-state index contributed by atoms with van der Waals surface area (Å²) in [5.74, 6) is -9.98. The zero-order chi connectivity index (χ0) is 48.8. The number of β-amino-alcohol motifs (C(OH)–C–C–N with tert-alkyl or cyclic N) is 1. The number of amides is 5. The first-order chi connectivity index (χ1) is 30.7. The fraction of sp³-hybridized carbons (Fsp3) is 0.750. The Morgan fingerprint density at radius 1 is 0.785 bits per heavy atom. The number of aliphatic carboxylic acids is 1. The van der Waals surface area contributed by atoms with E-state index >= 15 is 0 Å². The Hall–Kier alpha value is -4.99.